The fourth-order valence-electron chi connectivity index (χ4n) is 8.46. The number of rotatable bonds is 3. The first-order chi connectivity index (χ1) is 24.4. The van der Waals surface area contributed by atoms with Gasteiger partial charge in [-0.3, -0.25) is 0 Å². The van der Waals surface area contributed by atoms with Gasteiger partial charge in [-0.25, -0.2) is 0 Å². The molecule has 0 aliphatic heterocycles. The lowest BCUT2D eigenvalue weighted by Crippen LogP contribution is -2.00. The molecule has 0 amide bonds. The van der Waals surface area contributed by atoms with Crippen molar-refractivity contribution < 1.29 is 0 Å². The average Bonchev–Trinajstić information content (AvgIpc) is 3.82. The third-order valence-corrected chi connectivity index (χ3v) is 10.4. The predicted octanol–water partition coefficient (Wildman–Crippen LogP) is 12.1. The van der Waals surface area contributed by atoms with Gasteiger partial charge in [0, 0.05) is 49.4 Å². The fourth-order valence-corrected chi connectivity index (χ4v) is 8.46. The lowest BCUT2D eigenvalue weighted by molar-refractivity contribution is 1.13. The Hall–Kier alpha value is -6.58. The third kappa shape index (κ3) is 3.56. The van der Waals surface area contributed by atoms with Crippen LogP contribution in [-0.2, 0) is 0 Å². The molecule has 0 atom stereocenters. The van der Waals surface area contributed by atoms with E-state index >= 15 is 0 Å². The highest BCUT2D eigenvalue weighted by Crippen LogP contribution is 2.46. The summed E-state index contributed by atoms with van der Waals surface area (Å²) < 4.78 is 7.36. The van der Waals surface area contributed by atoms with Gasteiger partial charge in [-0.15, -0.1) is 0 Å². The van der Waals surface area contributed by atoms with Gasteiger partial charge >= 0.3 is 0 Å². The van der Waals surface area contributed by atoms with Gasteiger partial charge in [0.1, 0.15) is 0 Å². The van der Waals surface area contributed by atoms with Crippen molar-refractivity contribution in [1.82, 2.24) is 13.7 Å². The Morgan fingerprint density at radius 3 is 0.980 bits per heavy atom. The molecule has 0 saturated carbocycles. The Balaban J connectivity index is 1.29. The molecule has 0 bridgehead atoms. The second-order valence-electron chi connectivity index (χ2n) is 12.9. The summed E-state index contributed by atoms with van der Waals surface area (Å²) >= 11 is 0. The molecule has 8 aromatic carbocycles. The SMILES string of the molecule is c1ccc(-n2c3ccccc3c3c4ccccc4c4c5ccccc5n(-c5ccc(-n6c7ccccc7c7ccccc76)cc5)c4c32)cc1. The molecule has 0 N–H and O–H groups in total. The zero-order valence-corrected chi connectivity index (χ0v) is 26.6. The van der Waals surface area contributed by atoms with E-state index in [0.29, 0.717) is 0 Å². The summed E-state index contributed by atoms with van der Waals surface area (Å²) in [4.78, 5) is 0. The van der Waals surface area contributed by atoms with E-state index in [4.69, 9.17) is 0 Å². The van der Waals surface area contributed by atoms with Crippen LogP contribution in [0.2, 0.25) is 0 Å². The molecule has 0 spiro atoms. The number of fused-ring (bicyclic) bond motifs is 13. The first-order valence-electron chi connectivity index (χ1n) is 16.9. The molecular formula is C46H29N3. The topological polar surface area (TPSA) is 14.8 Å². The van der Waals surface area contributed by atoms with Gasteiger partial charge in [0.25, 0.3) is 0 Å². The van der Waals surface area contributed by atoms with Crippen LogP contribution in [0.15, 0.2) is 176 Å². The molecule has 0 radical (unpaired) electrons. The largest absolute Gasteiger partial charge is 0.309 e. The smallest absolute Gasteiger partial charge is 0.0795 e. The van der Waals surface area contributed by atoms with E-state index in [2.05, 4.69) is 190 Å². The number of benzene rings is 8. The molecule has 3 heterocycles. The second-order valence-corrected chi connectivity index (χ2v) is 12.9. The minimum atomic E-state index is 1.14. The van der Waals surface area contributed by atoms with Gasteiger partial charge < -0.3 is 13.7 Å². The van der Waals surface area contributed by atoms with E-state index in [1.54, 1.807) is 0 Å². The van der Waals surface area contributed by atoms with Gasteiger partial charge in [-0.1, -0.05) is 115 Å². The number of hydrogen-bond donors (Lipinski definition) is 0. The summed E-state index contributed by atoms with van der Waals surface area (Å²) in [5.41, 5.74) is 10.7. The lowest BCUT2D eigenvalue weighted by atomic mass is 9.98. The van der Waals surface area contributed by atoms with E-state index in [0.717, 1.165) is 17.1 Å². The standard InChI is InChI=1S/C46H29N3/c1-2-14-30(15-3-1)48-41-24-12-8-20-37(41)43-35-18-4-5-19-36(35)44-38-21-9-13-25-42(38)49(46(44)45(43)48)32-28-26-31(27-29-32)47-39-22-10-6-16-33(39)34-17-7-11-23-40(34)47/h1-29H. The van der Waals surface area contributed by atoms with Crippen LogP contribution in [0.25, 0.3) is 93.3 Å². The molecule has 11 aromatic rings. The minimum absolute atomic E-state index is 1.14. The van der Waals surface area contributed by atoms with Crippen LogP contribution >= 0.6 is 0 Å². The summed E-state index contributed by atoms with van der Waals surface area (Å²) in [6.07, 6.45) is 0. The van der Waals surface area contributed by atoms with Crippen molar-refractivity contribution in [2.45, 2.75) is 0 Å². The van der Waals surface area contributed by atoms with Crippen LogP contribution in [0.3, 0.4) is 0 Å². The van der Waals surface area contributed by atoms with Crippen molar-refractivity contribution in [1.29, 1.82) is 0 Å². The Morgan fingerprint density at radius 2 is 0.531 bits per heavy atom. The normalized spacial score (nSPS) is 12.1. The fraction of sp³-hybridized carbons (Fsp3) is 0. The first kappa shape index (κ1) is 26.5. The van der Waals surface area contributed by atoms with Crippen molar-refractivity contribution in [3.8, 4) is 17.1 Å². The molecule has 0 fully saturated rings. The minimum Gasteiger partial charge on any atom is -0.309 e. The zero-order valence-electron chi connectivity index (χ0n) is 26.6. The van der Waals surface area contributed by atoms with Crippen LogP contribution < -0.4 is 0 Å². The highest BCUT2D eigenvalue weighted by molar-refractivity contribution is 6.36. The predicted molar refractivity (Wildman–Crippen MR) is 207 cm³/mol. The molecule has 228 valence electrons. The Kier molecular flexibility index (Phi) is 5.38. The van der Waals surface area contributed by atoms with E-state index in [-0.39, 0.29) is 0 Å². The van der Waals surface area contributed by atoms with Crippen LogP contribution in [-0.4, -0.2) is 13.7 Å². The van der Waals surface area contributed by atoms with Crippen molar-refractivity contribution in [2.75, 3.05) is 0 Å². The van der Waals surface area contributed by atoms with E-state index < -0.39 is 0 Å². The number of para-hydroxylation sites is 5. The molecule has 3 aromatic heterocycles. The maximum Gasteiger partial charge on any atom is 0.0795 e. The van der Waals surface area contributed by atoms with Crippen molar-refractivity contribution in [3.05, 3.63) is 176 Å². The van der Waals surface area contributed by atoms with Gasteiger partial charge in [-0.05, 0) is 71.4 Å². The van der Waals surface area contributed by atoms with Crippen LogP contribution in [0.5, 0.6) is 0 Å². The van der Waals surface area contributed by atoms with E-state index in [9.17, 15) is 0 Å². The maximum absolute atomic E-state index is 2.49. The molecular weight excluding hydrogens is 595 g/mol. The Bertz CT molecular complexity index is 3030. The molecule has 0 unspecified atom stereocenters. The van der Waals surface area contributed by atoms with Gasteiger partial charge in [0.2, 0.25) is 0 Å². The summed E-state index contributed by atoms with van der Waals surface area (Å²) in [6.45, 7) is 0. The Labute approximate surface area is 282 Å². The molecule has 49 heavy (non-hydrogen) atoms. The average molecular weight is 624 g/mol. The third-order valence-electron chi connectivity index (χ3n) is 10.4. The van der Waals surface area contributed by atoms with E-state index in [1.165, 1.54) is 76.2 Å². The Morgan fingerprint density at radius 1 is 0.224 bits per heavy atom. The summed E-state index contributed by atoms with van der Waals surface area (Å²) in [7, 11) is 0. The highest BCUT2D eigenvalue weighted by atomic mass is 15.0. The lowest BCUT2D eigenvalue weighted by Gasteiger charge is -2.15. The van der Waals surface area contributed by atoms with Gasteiger partial charge in [-0.2, -0.15) is 0 Å². The second kappa shape index (κ2) is 9.96. The van der Waals surface area contributed by atoms with Gasteiger partial charge in [0.05, 0.1) is 33.1 Å². The monoisotopic (exact) mass is 623 g/mol. The summed E-state index contributed by atoms with van der Waals surface area (Å²) in [5.74, 6) is 0. The van der Waals surface area contributed by atoms with Gasteiger partial charge in [0.15, 0.2) is 0 Å². The summed E-state index contributed by atoms with van der Waals surface area (Å²) in [6, 6.07) is 64.1. The van der Waals surface area contributed by atoms with Crippen LogP contribution in [0.1, 0.15) is 0 Å². The van der Waals surface area contributed by atoms with Crippen LogP contribution in [0.4, 0.5) is 0 Å². The highest BCUT2D eigenvalue weighted by Gasteiger charge is 2.24. The number of hydrogen-bond acceptors (Lipinski definition) is 0. The maximum atomic E-state index is 2.49. The zero-order chi connectivity index (χ0) is 32.1. The summed E-state index contributed by atoms with van der Waals surface area (Å²) in [5, 5.41) is 10.2. The van der Waals surface area contributed by atoms with Crippen molar-refractivity contribution in [3.63, 3.8) is 0 Å². The van der Waals surface area contributed by atoms with Crippen molar-refractivity contribution >= 4 is 76.2 Å². The molecule has 0 aliphatic rings. The molecule has 3 nitrogen and oxygen atoms in total. The molecule has 0 saturated heterocycles. The molecule has 3 heteroatoms. The van der Waals surface area contributed by atoms with Crippen molar-refractivity contribution in [2.24, 2.45) is 0 Å². The molecule has 0 aliphatic carbocycles. The van der Waals surface area contributed by atoms with Crippen LogP contribution in [0, 0.1) is 0 Å². The first-order valence-corrected chi connectivity index (χ1v) is 16.9. The molecule has 11 rings (SSSR count). The number of nitrogens with zero attached hydrogens (tertiary/aromatic N) is 3. The number of aromatic nitrogens is 3. The quantitative estimate of drug-likeness (QED) is 0.186. The van der Waals surface area contributed by atoms with E-state index in [1.807, 2.05) is 0 Å².